The molecule has 2 aliphatic carbocycles. The first kappa shape index (κ1) is 13.4. The summed E-state index contributed by atoms with van der Waals surface area (Å²) >= 11 is 0. The third kappa shape index (κ3) is 2.85. The first-order chi connectivity index (χ1) is 8.23. The van der Waals surface area contributed by atoms with E-state index in [1.807, 2.05) is 0 Å². The van der Waals surface area contributed by atoms with Gasteiger partial charge in [-0.2, -0.15) is 0 Å². The lowest BCUT2D eigenvalue weighted by molar-refractivity contribution is 0.00955. The van der Waals surface area contributed by atoms with Gasteiger partial charge in [-0.25, -0.2) is 0 Å². The van der Waals surface area contributed by atoms with Crippen molar-refractivity contribution in [2.24, 2.45) is 17.6 Å². The van der Waals surface area contributed by atoms with E-state index in [1.54, 1.807) is 0 Å². The summed E-state index contributed by atoms with van der Waals surface area (Å²) in [6.07, 6.45) is 9.67. The zero-order chi connectivity index (χ0) is 12.3. The summed E-state index contributed by atoms with van der Waals surface area (Å²) in [7, 11) is 0. The molecule has 0 amide bonds. The molecule has 0 radical (unpaired) electrons. The Bertz CT molecular complexity index is 237. The van der Waals surface area contributed by atoms with Crippen LogP contribution in [0.3, 0.4) is 0 Å². The van der Waals surface area contributed by atoms with Gasteiger partial charge in [-0.05, 0) is 50.5 Å². The molecule has 0 heterocycles. The molecule has 17 heavy (non-hydrogen) atoms. The van der Waals surface area contributed by atoms with E-state index in [4.69, 9.17) is 5.73 Å². The molecule has 2 fully saturated rings. The van der Waals surface area contributed by atoms with E-state index in [2.05, 4.69) is 18.7 Å². The summed E-state index contributed by atoms with van der Waals surface area (Å²) in [4.78, 5) is 2.77. The Morgan fingerprint density at radius 3 is 2.53 bits per heavy atom. The van der Waals surface area contributed by atoms with Crippen molar-refractivity contribution in [3.8, 4) is 0 Å². The average Bonchev–Trinajstić information content (AvgIpc) is 3.14. The fourth-order valence-corrected chi connectivity index (χ4v) is 3.68. The van der Waals surface area contributed by atoms with Gasteiger partial charge in [-0.15, -0.1) is 0 Å². The quantitative estimate of drug-likeness (QED) is 0.771. The summed E-state index contributed by atoms with van der Waals surface area (Å²) in [5, 5.41) is 0. The fraction of sp³-hybridized carbons (Fsp3) is 1.00. The summed E-state index contributed by atoms with van der Waals surface area (Å²) in [5.74, 6) is 1.77. The number of nitrogens with zero attached hydrogens (tertiary/aromatic N) is 1. The van der Waals surface area contributed by atoms with E-state index in [1.165, 1.54) is 58.0 Å². The molecule has 2 N–H and O–H groups in total. The Kier molecular flexibility index (Phi) is 4.48. The Morgan fingerprint density at radius 2 is 2.00 bits per heavy atom. The molecule has 2 atom stereocenters. The van der Waals surface area contributed by atoms with Crippen LogP contribution in [0.2, 0.25) is 0 Å². The minimum absolute atomic E-state index is 0.330. The molecule has 0 saturated heterocycles. The topological polar surface area (TPSA) is 29.3 Å². The molecule has 0 spiro atoms. The van der Waals surface area contributed by atoms with Crippen molar-refractivity contribution in [2.45, 2.75) is 64.3 Å². The van der Waals surface area contributed by atoms with Crippen LogP contribution in [0.25, 0.3) is 0 Å². The highest BCUT2D eigenvalue weighted by molar-refractivity contribution is 4.99. The molecule has 2 unspecified atom stereocenters. The van der Waals surface area contributed by atoms with Gasteiger partial charge in [0, 0.05) is 18.6 Å². The van der Waals surface area contributed by atoms with Crippen molar-refractivity contribution in [2.75, 3.05) is 19.6 Å². The summed E-state index contributed by atoms with van der Waals surface area (Å²) in [6.45, 7) is 8.16. The molecule has 0 aromatic rings. The van der Waals surface area contributed by atoms with E-state index in [0.29, 0.717) is 5.54 Å². The smallest absolute Gasteiger partial charge is 0.0357 e. The number of nitrogens with two attached hydrogens (primary N) is 1. The van der Waals surface area contributed by atoms with Gasteiger partial charge in [-0.3, -0.25) is 4.90 Å². The van der Waals surface area contributed by atoms with Crippen LogP contribution in [0.1, 0.15) is 58.8 Å². The van der Waals surface area contributed by atoms with Gasteiger partial charge >= 0.3 is 0 Å². The molecule has 0 aromatic carbocycles. The highest BCUT2D eigenvalue weighted by Crippen LogP contribution is 2.40. The third-order valence-corrected chi connectivity index (χ3v) is 5.07. The molecule has 2 nitrogen and oxygen atoms in total. The zero-order valence-electron chi connectivity index (χ0n) is 11.8. The molecule has 100 valence electrons. The maximum atomic E-state index is 6.21. The predicted octanol–water partition coefficient (Wildman–Crippen LogP) is 3.02. The average molecular weight is 238 g/mol. The van der Waals surface area contributed by atoms with Crippen molar-refractivity contribution < 1.29 is 0 Å². The van der Waals surface area contributed by atoms with Gasteiger partial charge in [-0.1, -0.05) is 26.7 Å². The maximum Gasteiger partial charge on any atom is 0.0357 e. The highest BCUT2D eigenvalue weighted by atomic mass is 15.2. The zero-order valence-corrected chi connectivity index (χ0v) is 11.8. The molecule has 0 aliphatic heterocycles. The van der Waals surface area contributed by atoms with Gasteiger partial charge in [0.25, 0.3) is 0 Å². The second-order valence-electron chi connectivity index (χ2n) is 6.34. The van der Waals surface area contributed by atoms with Crippen LogP contribution in [0.15, 0.2) is 0 Å². The van der Waals surface area contributed by atoms with E-state index < -0.39 is 0 Å². The molecule has 2 rings (SSSR count). The van der Waals surface area contributed by atoms with Gasteiger partial charge in [0.05, 0.1) is 0 Å². The predicted molar refractivity (Wildman–Crippen MR) is 74.0 cm³/mol. The van der Waals surface area contributed by atoms with Crippen molar-refractivity contribution in [1.29, 1.82) is 0 Å². The van der Waals surface area contributed by atoms with Gasteiger partial charge in [0.1, 0.15) is 0 Å². The van der Waals surface area contributed by atoms with Crippen LogP contribution in [0, 0.1) is 11.8 Å². The van der Waals surface area contributed by atoms with Crippen LogP contribution in [-0.4, -0.2) is 30.1 Å². The van der Waals surface area contributed by atoms with E-state index >= 15 is 0 Å². The third-order valence-electron chi connectivity index (χ3n) is 5.07. The SMILES string of the molecule is CCCN(CC1CC1)C1(CN)CCCCC1C. The molecular formula is C15H30N2. The van der Waals surface area contributed by atoms with Crippen LogP contribution in [0.4, 0.5) is 0 Å². The van der Waals surface area contributed by atoms with E-state index in [0.717, 1.165) is 18.4 Å². The van der Waals surface area contributed by atoms with Gasteiger partial charge in [0.2, 0.25) is 0 Å². The van der Waals surface area contributed by atoms with Crippen LogP contribution in [0.5, 0.6) is 0 Å². The minimum Gasteiger partial charge on any atom is -0.329 e. The number of hydrogen-bond donors (Lipinski definition) is 1. The van der Waals surface area contributed by atoms with Crippen molar-refractivity contribution in [3.63, 3.8) is 0 Å². The minimum atomic E-state index is 0.330. The largest absolute Gasteiger partial charge is 0.329 e. The lowest BCUT2D eigenvalue weighted by Crippen LogP contribution is -2.60. The first-order valence-corrected chi connectivity index (χ1v) is 7.68. The lowest BCUT2D eigenvalue weighted by Gasteiger charge is -2.50. The normalized spacial score (nSPS) is 34.2. The number of rotatable bonds is 6. The van der Waals surface area contributed by atoms with Gasteiger partial charge < -0.3 is 5.73 Å². The fourth-order valence-electron chi connectivity index (χ4n) is 3.68. The van der Waals surface area contributed by atoms with Gasteiger partial charge in [0.15, 0.2) is 0 Å². The number of hydrogen-bond acceptors (Lipinski definition) is 2. The Hall–Kier alpha value is -0.0800. The second kappa shape index (κ2) is 5.71. The van der Waals surface area contributed by atoms with Crippen molar-refractivity contribution >= 4 is 0 Å². The molecule has 2 saturated carbocycles. The Morgan fingerprint density at radius 1 is 1.24 bits per heavy atom. The molecular weight excluding hydrogens is 208 g/mol. The van der Waals surface area contributed by atoms with Crippen LogP contribution in [-0.2, 0) is 0 Å². The first-order valence-electron chi connectivity index (χ1n) is 7.68. The van der Waals surface area contributed by atoms with Crippen molar-refractivity contribution in [3.05, 3.63) is 0 Å². The molecule has 0 bridgehead atoms. The lowest BCUT2D eigenvalue weighted by atomic mass is 9.72. The van der Waals surface area contributed by atoms with Crippen molar-refractivity contribution in [1.82, 2.24) is 4.90 Å². The second-order valence-corrected chi connectivity index (χ2v) is 6.34. The molecule has 0 aromatic heterocycles. The summed E-state index contributed by atoms with van der Waals surface area (Å²) < 4.78 is 0. The Balaban J connectivity index is 2.09. The molecule has 2 aliphatic rings. The molecule has 2 heteroatoms. The summed E-state index contributed by atoms with van der Waals surface area (Å²) in [5.41, 5.74) is 6.54. The van der Waals surface area contributed by atoms with E-state index in [-0.39, 0.29) is 0 Å². The van der Waals surface area contributed by atoms with E-state index in [9.17, 15) is 0 Å². The monoisotopic (exact) mass is 238 g/mol. The standard InChI is InChI=1S/C15H30N2/c1-3-10-17(11-14-7-8-14)15(12-16)9-5-4-6-13(15)2/h13-14H,3-12,16H2,1-2H3. The highest BCUT2D eigenvalue weighted by Gasteiger charge is 2.43. The van der Waals surface area contributed by atoms with Crippen LogP contribution < -0.4 is 5.73 Å². The summed E-state index contributed by atoms with van der Waals surface area (Å²) in [6, 6.07) is 0. The Labute approximate surface area is 107 Å². The maximum absolute atomic E-state index is 6.21. The van der Waals surface area contributed by atoms with Crippen LogP contribution >= 0.6 is 0 Å².